The van der Waals surface area contributed by atoms with Gasteiger partial charge < -0.3 is 4.57 Å². The summed E-state index contributed by atoms with van der Waals surface area (Å²) in [4.78, 5) is 16.6. The number of fused-ring (bicyclic) bond motifs is 1. The Kier molecular flexibility index (Phi) is 2.77. The van der Waals surface area contributed by atoms with Crippen molar-refractivity contribution >= 4 is 11.0 Å². The standard InChI is InChI=1S/C14H18N2O/c1-8(2)13-14(17)16(5)12-7-10(4)9(3)6-11(12)15-13/h6-8H,1-5H3. The summed E-state index contributed by atoms with van der Waals surface area (Å²) in [5.74, 6) is 0.153. The molecule has 1 aromatic heterocycles. The lowest BCUT2D eigenvalue weighted by Crippen LogP contribution is -2.24. The van der Waals surface area contributed by atoms with Crippen LogP contribution in [0.15, 0.2) is 16.9 Å². The summed E-state index contributed by atoms with van der Waals surface area (Å²) in [6, 6.07) is 4.08. The smallest absolute Gasteiger partial charge is 0.272 e. The maximum absolute atomic E-state index is 12.1. The van der Waals surface area contributed by atoms with E-state index in [-0.39, 0.29) is 11.5 Å². The van der Waals surface area contributed by atoms with Crippen LogP contribution in [0.25, 0.3) is 11.0 Å². The van der Waals surface area contributed by atoms with Gasteiger partial charge in [-0.3, -0.25) is 4.79 Å². The van der Waals surface area contributed by atoms with E-state index < -0.39 is 0 Å². The molecular weight excluding hydrogens is 212 g/mol. The van der Waals surface area contributed by atoms with E-state index >= 15 is 0 Å². The Bertz CT molecular complexity index is 639. The van der Waals surface area contributed by atoms with Crippen molar-refractivity contribution in [3.05, 3.63) is 39.3 Å². The van der Waals surface area contributed by atoms with Crippen molar-refractivity contribution < 1.29 is 0 Å². The molecule has 1 heterocycles. The molecule has 0 bridgehead atoms. The molecule has 2 aromatic rings. The van der Waals surface area contributed by atoms with Gasteiger partial charge in [0, 0.05) is 13.0 Å². The molecule has 0 fully saturated rings. The quantitative estimate of drug-likeness (QED) is 0.755. The molecule has 0 spiro atoms. The SMILES string of the molecule is Cc1cc2nc(C(C)C)c(=O)n(C)c2cc1C. The summed E-state index contributed by atoms with van der Waals surface area (Å²) >= 11 is 0. The third-order valence-corrected chi connectivity index (χ3v) is 3.26. The van der Waals surface area contributed by atoms with E-state index in [0.29, 0.717) is 5.69 Å². The summed E-state index contributed by atoms with van der Waals surface area (Å²) in [6.45, 7) is 8.11. The Labute approximate surface area is 101 Å². The molecule has 3 nitrogen and oxygen atoms in total. The first-order chi connectivity index (χ1) is 7.91. The van der Waals surface area contributed by atoms with Gasteiger partial charge in [0.2, 0.25) is 0 Å². The average Bonchev–Trinajstić information content (AvgIpc) is 2.26. The number of aromatic nitrogens is 2. The van der Waals surface area contributed by atoms with Crippen LogP contribution in [-0.2, 0) is 7.05 Å². The van der Waals surface area contributed by atoms with E-state index in [4.69, 9.17) is 0 Å². The zero-order valence-corrected chi connectivity index (χ0v) is 11.0. The predicted molar refractivity (Wildman–Crippen MR) is 70.5 cm³/mol. The van der Waals surface area contributed by atoms with Crippen LogP contribution in [-0.4, -0.2) is 9.55 Å². The zero-order valence-electron chi connectivity index (χ0n) is 11.0. The van der Waals surface area contributed by atoms with Crippen LogP contribution < -0.4 is 5.56 Å². The van der Waals surface area contributed by atoms with E-state index in [2.05, 4.69) is 24.9 Å². The third-order valence-electron chi connectivity index (χ3n) is 3.26. The average molecular weight is 230 g/mol. The molecule has 0 atom stereocenters. The molecule has 0 saturated heterocycles. The molecule has 90 valence electrons. The second-order valence-electron chi connectivity index (χ2n) is 4.94. The Morgan fingerprint density at radius 1 is 1.18 bits per heavy atom. The van der Waals surface area contributed by atoms with Crippen molar-refractivity contribution in [3.8, 4) is 0 Å². The molecule has 17 heavy (non-hydrogen) atoms. The molecule has 1 aromatic carbocycles. The van der Waals surface area contributed by atoms with Crippen LogP contribution in [0.2, 0.25) is 0 Å². The lowest BCUT2D eigenvalue weighted by atomic mass is 10.1. The summed E-state index contributed by atoms with van der Waals surface area (Å²) < 4.78 is 1.70. The first-order valence-corrected chi connectivity index (χ1v) is 5.89. The highest BCUT2D eigenvalue weighted by atomic mass is 16.1. The van der Waals surface area contributed by atoms with Crippen molar-refractivity contribution in [2.24, 2.45) is 7.05 Å². The van der Waals surface area contributed by atoms with E-state index in [1.165, 1.54) is 11.1 Å². The molecular formula is C14H18N2O. The normalized spacial score (nSPS) is 11.4. The monoisotopic (exact) mass is 230 g/mol. The van der Waals surface area contributed by atoms with Crippen LogP contribution in [0.3, 0.4) is 0 Å². The van der Waals surface area contributed by atoms with E-state index in [9.17, 15) is 4.79 Å². The highest BCUT2D eigenvalue weighted by Gasteiger charge is 2.12. The first kappa shape index (κ1) is 11.8. The zero-order chi connectivity index (χ0) is 12.7. The summed E-state index contributed by atoms with van der Waals surface area (Å²) in [6.07, 6.45) is 0. The number of hydrogen-bond donors (Lipinski definition) is 0. The lowest BCUT2D eigenvalue weighted by Gasteiger charge is -2.11. The van der Waals surface area contributed by atoms with E-state index in [1.54, 1.807) is 4.57 Å². The molecule has 0 N–H and O–H groups in total. The Morgan fingerprint density at radius 2 is 1.76 bits per heavy atom. The molecule has 0 aliphatic carbocycles. The number of aryl methyl sites for hydroxylation is 3. The maximum Gasteiger partial charge on any atom is 0.272 e. The first-order valence-electron chi connectivity index (χ1n) is 5.89. The number of rotatable bonds is 1. The fourth-order valence-electron chi connectivity index (χ4n) is 1.98. The fraction of sp³-hybridized carbons (Fsp3) is 0.429. The van der Waals surface area contributed by atoms with Gasteiger partial charge in [-0.1, -0.05) is 13.8 Å². The molecule has 0 unspecified atom stereocenters. The van der Waals surface area contributed by atoms with Crippen LogP contribution in [0, 0.1) is 13.8 Å². The summed E-state index contributed by atoms with van der Waals surface area (Å²) in [5.41, 5.74) is 4.85. The minimum Gasteiger partial charge on any atom is -0.308 e. The molecule has 0 aliphatic heterocycles. The molecule has 2 rings (SSSR count). The van der Waals surface area contributed by atoms with Crippen molar-refractivity contribution in [2.45, 2.75) is 33.6 Å². The number of benzene rings is 1. The molecule has 0 saturated carbocycles. The second kappa shape index (κ2) is 3.99. The van der Waals surface area contributed by atoms with Crippen LogP contribution in [0.5, 0.6) is 0 Å². The predicted octanol–water partition coefficient (Wildman–Crippen LogP) is 2.67. The summed E-state index contributed by atoms with van der Waals surface area (Å²) in [5, 5.41) is 0. The van der Waals surface area contributed by atoms with Gasteiger partial charge in [-0.25, -0.2) is 4.98 Å². The van der Waals surface area contributed by atoms with Gasteiger partial charge >= 0.3 is 0 Å². The summed E-state index contributed by atoms with van der Waals surface area (Å²) in [7, 11) is 1.81. The number of hydrogen-bond acceptors (Lipinski definition) is 2. The van der Waals surface area contributed by atoms with Crippen molar-refractivity contribution in [3.63, 3.8) is 0 Å². The van der Waals surface area contributed by atoms with Gasteiger partial charge in [-0.2, -0.15) is 0 Å². The van der Waals surface area contributed by atoms with Gasteiger partial charge in [0.15, 0.2) is 0 Å². The highest BCUT2D eigenvalue weighted by molar-refractivity contribution is 5.76. The van der Waals surface area contributed by atoms with Crippen LogP contribution in [0.1, 0.15) is 36.6 Å². The van der Waals surface area contributed by atoms with Gasteiger partial charge in [-0.15, -0.1) is 0 Å². The highest BCUT2D eigenvalue weighted by Crippen LogP contribution is 2.18. The fourth-order valence-corrected chi connectivity index (χ4v) is 1.98. The topological polar surface area (TPSA) is 34.9 Å². The lowest BCUT2D eigenvalue weighted by molar-refractivity contribution is 0.765. The third kappa shape index (κ3) is 1.86. The Morgan fingerprint density at radius 3 is 2.35 bits per heavy atom. The minimum atomic E-state index is 0.00996. The second-order valence-corrected chi connectivity index (χ2v) is 4.94. The molecule has 0 aliphatic rings. The van der Waals surface area contributed by atoms with Crippen molar-refractivity contribution in [2.75, 3.05) is 0 Å². The molecule has 0 radical (unpaired) electrons. The van der Waals surface area contributed by atoms with E-state index in [0.717, 1.165) is 11.0 Å². The van der Waals surface area contributed by atoms with Gasteiger partial charge in [0.05, 0.1) is 11.0 Å². The van der Waals surface area contributed by atoms with Gasteiger partial charge in [0.25, 0.3) is 5.56 Å². The molecule has 3 heteroatoms. The van der Waals surface area contributed by atoms with Crippen LogP contribution in [0.4, 0.5) is 0 Å². The maximum atomic E-state index is 12.1. The van der Waals surface area contributed by atoms with Crippen molar-refractivity contribution in [1.29, 1.82) is 0 Å². The molecule has 0 amide bonds. The largest absolute Gasteiger partial charge is 0.308 e. The van der Waals surface area contributed by atoms with Crippen LogP contribution >= 0.6 is 0 Å². The Balaban J connectivity index is 2.91. The minimum absolute atomic E-state index is 0.00996. The van der Waals surface area contributed by atoms with Gasteiger partial charge in [-0.05, 0) is 37.1 Å². The Hall–Kier alpha value is -1.64. The van der Waals surface area contributed by atoms with E-state index in [1.807, 2.05) is 27.0 Å². The van der Waals surface area contributed by atoms with Crippen molar-refractivity contribution in [1.82, 2.24) is 9.55 Å². The van der Waals surface area contributed by atoms with Gasteiger partial charge in [0.1, 0.15) is 5.69 Å². The number of nitrogens with zero attached hydrogens (tertiary/aromatic N) is 2.